The molecule has 2 fully saturated rings. The van der Waals surface area contributed by atoms with Gasteiger partial charge < -0.3 is 9.64 Å². The molecule has 0 radical (unpaired) electrons. The number of amides is 1. The second-order valence-corrected chi connectivity index (χ2v) is 15.9. The third-order valence-electron chi connectivity index (χ3n) is 8.89. The van der Waals surface area contributed by atoms with Crippen molar-refractivity contribution < 1.29 is 57.1 Å². The number of fused-ring (bicyclic) bond motifs is 3. The summed E-state index contributed by atoms with van der Waals surface area (Å²) in [5, 5.41) is 0. The Morgan fingerprint density at radius 1 is 0.930 bits per heavy atom. The van der Waals surface area contributed by atoms with E-state index in [0.29, 0.717) is 6.07 Å². The van der Waals surface area contributed by atoms with Gasteiger partial charge in [0.1, 0.15) is 26.9 Å². The lowest BCUT2D eigenvalue weighted by molar-refractivity contribution is -0.348. The van der Waals surface area contributed by atoms with Crippen molar-refractivity contribution in [1.29, 1.82) is 0 Å². The summed E-state index contributed by atoms with van der Waals surface area (Å²) in [5.41, 5.74) is -9.09. The van der Waals surface area contributed by atoms with Crippen molar-refractivity contribution in [1.82, 2.24) is 4.90 Å². The van der Waals surface area contributed by atoms with Gasteiger partial charge in [0, 0.05) is 23.1 Å². The summed E-state index contributed by atoms with van der Waals surface area (Å²) in [4.78, 5) is 14.9. The highest BCUT2D eigenvalue weighted by Gasteiger charge is 2.74. The van der Waals surface area contributed by atoms with E-state index in [1.54, 1.807) is 6.92 Å². The van der Waals surface area contributed by atoms with Gasteiger partial charge >= 0.3 is 18.0 Å². The normalized spacial score (nSPS) is 25.4. The highest BCUT2D eigenvalue weighted by Crippen LogP contribution is 2.57. The summed E-state index contributed by atoms with van der Waals surface area (Å²) in [7, 11) is -7.89. The van der Waals surface area contributed by atoms with Crippen molar-refractivity contribution in [2.24, 2.45) is 5.41 Å². The number of nitrogens with zero attached hydrogens (tertiary/aromatic N) is 1. The molecule has 2 saturated heterocycles. The number of alkyl halides is 7. The van der Waals surface area contributed by atoms with Gasteiger partial charge in [-0.2, -0.15) is 26.3 Å². The molecular formula is C27H26F7NO6S2. The van der Waals surface area contributed by atoms with Gasteiger partial charge in [-0.15, -0.1) is 0 Å². The Labute approximate surface area is 242 Å². The second kappa shape index (κ2) is 9.81. The lowest BCUT2D eigenvalue weighted by atomic mass is 9.81. The zero-order valence-corrected chi connectivity index (χ0v) is 24.1. The molecule has 2 atom stereocenters. The fourth-order valence-corrected chi connectivity index (χ4v) is 10.4. The van der Waals surface area contributed by atoms with E-state index in [-0.39, 0.29) is 59.9 Å². The van der Waals surface area contributed by atoms with Crippen LogP contribution in [0, 0.1) is 5.41 Å². The molecule has 0 spiro atoms. The molecule has 43 heavy (non-hydrogen) atoms. The van der Waals surface area contributed by atoms with E-state index in [0.717, 1.165) is 0 Å². The predicted octanol–water partition coefficient (Wildman–Crippen LogP) is 4.85. The van der Waals surface area contributed by atoms with Crippen molar-refractivity contribution in [3.8, 4) is 5.75 Å². The molecule has 3 aliphatic heterocycles. The Morgan fingerprint density at radius 3 is 2.07 bits per heavy atom. The third-order valence-corrected chi connectivity index (χ3v) is 13.1. The zero-order chi connectivity index (χ0) is 31.9. The number of sulfone groups is 2. The minimum Gasteiger partial charge on any atom is -0.491 e. The van der Waals surface area contributed by atoms with Crippen LogP contribution in [0.1, 0.15) is 37.3 Å². The molecule has 3 heterocycles. The van der Waals surface area contributed by atoms with Crippen molar-refractivity contribution in [2.75, 3.05) is 24.7 Å². The van der Waals surface area contributed by atoms with Gasteiger partial charge in [0.25, 0.3) is 0 Å². The average molecular weight is 658 g/mol. The lowest BCUT2D eigenvalue weighted by Crippen LogP contribution is -2.57. The molecule has 5 rings (SSSR count). The number of likely N-dealkylation sites (tertiary alicyclic amines) is 1. The maximum Gasteiger partial charge on any atom is 0.435 e. The van der Waals surface area contributed by atoms with Crippen molar-refractivity contribution in [3.63, 3.8) is 0 Å². The maximum atomic E-state index is 14.9. The fraction of sp³-hybridized carbons (Fsp3) is 0.519. The fourth-order valence-electron chi connectivity index (χ4n) is 6.32. The molecule has 2 aromatic rings. The number of halogens is 7. The second-order valence-electron chi connectivity index (χ2n) is 11.4. The predicted molar refractivity (Wildman–Crippen MR) is 138 cm³/mol. The number of benzene rings is 2. The first-order valence-corrected chi connectivity index (χ1v) is 16.4. The summed E-state index contributed by atoms with van der Waals surface area (Å²) < 4.78 is 152. The van der Waals surface area contributed by atoms with Gasteiger partial charge in [-0.1, -0.05) is 37.3 Å². The zero-order valence-electron chi connectivity index (χ0n) is 22.5. The number of hydrogen-bond acceptors (Lipinski definition) is 6. The van der Waals surface area contributed by atoms with Crippen LogP contribution in [-0.4, -0.2) is 70.7 Å². The standard InChI is InChI=1S/C27H26F7NO6S2/c1-23(10-13-42(37,38)14-11-23)22(36)35-12-9-24(43(39,40)18-5-3-2-4-6-18)19-8-7-17(15-20(19)41-16-21(24)35)25(28,26(29,30)31)27(32,33)34/h2-8,15,21H,9-14,16H2,1H3. The van der Waals surface area contributed by atoms with Crippen molar-refractivity contribution in [3.05, 3.63) is 59.7 Å². The van der Waals surface area contributed by atoms with E-state index in [2.05, 4.69) is 0 Å². The van der Waals surface area contributed by atoms with Gasteiger partial charge in [0.05, 0.1) is 22.4 Å². The van der Waals surface area contributed by atoms with Gasteiger partial charge in [-0.3, -0.25) is 4.79 Å². The monoisotopic (exact) mass is 657 g/mol. The van der Waals surface area contributed by atoms with E-state index in [9.17, 15) is 52.4 Å². The van der Waals surface area contributed by atoms with Crippen LogP contribution in [0.15, 0.2) is 53.4 Å². The minimum atomic E-state index is -6.40. The van der Waals surface area contributed by atoms with Crippen molar-refractivity contribution in [2.45, 2.75) is 59.9 Å². The molecule has 1 amide bonds. The Hall–Kier alpha value is -2.88. The number of carbonyl (C=O) groups is 1. The van der Waals surface area contributed by atoms with E-state index in [4.69, 9.17) is 4.74 Å². The first-order chi connectivity index (χ1) is 19.7. The van der Waals surface area contributed by atoms with Crippen LogP contribution in [0.2, 0.25) is 0 Å². The van der Waals surface area contributed by atoms with Crippen molar-refractivity contribution >= 4 is 25.6 Å². The van der Waals surface area contributed by atoms with E-state index >= 15 is 0 Å². The molecule has 16 heteroatoms. The van der Waals surface area contributed by atoms with Crippen LogP contribution in [0.5, 0.6) is 5.75 Å². The molecule has 7 nitrogen and oxygen atoms in total. The molecule has 0 aliphatic carbocycles. The lowest BCUT2D eigenvalue weighted by Gasteiger charge is -2.44. The average Bonchev–Trinajstić information content (AvgIpc) is 3.34. The number of carbonyl (C=O) groups excluding carboxylic acids is 1. The SMILES string of the molecule is CC1(C(=O)N2CCC3(S(=O)(=O)c4ccccc4)c4ccc(C(F)(C(F)(F)F)C(F)(F)F)cc4OCC23)CCS(=O)(=O)CC1. The molecule has 2 unspecified atom stereocenters. The summed E-state index contributed by atoms with van der Waals surface area (Å²) in [6, 6.07) is 6.78. The van der Waals surface area contributed by atoms with Crippen LogP contribution in [0.25, 0.3) is 0 Å². The van der Waals surface area contributed by atoms with Gasteiger partial charge in [0.2, 0.25) is 5.91 Å². The van der Waals surface area contributed by atoms with Gasteiger partial charge in [-0.05, 0) is 37.5 Å². The molecule has 0 saturated carbocycles. The van der Waals surface area contributed by atoms with Gasteiger partial charge in [0.15, 0.2) is 9.84 Å². The highest BCUT2D eigenvalue weighted by molar-refractivity contribution is 7.92. The number of hydrogen-bond donors (Lipinski definition) is 0. The highest BCUT2D eigenvalue weighted by atomic mass is 32.2. The Morgan fingerprint density at radius 2 is 1.51 bits per heavy atom. The molecule has 0 bridgehead atoms. The molecule has 3 aliphatic rings. The summed E-state index contributed by atoms with van der Waals surface area (Å²) in [5.74, 6) is -1.74. The van der Waals surface area contributed by atoms with Gasteiger partial charge in [-0.25, -0.2) is 21.2 Å². The van der Waals surface area contributed by atoms with E-state index in [1.165, 1.54) is 35.2 Å². The van der Waals surface area contributed by atoms with E-state index < -0.39 is 77.7 Å². The molecule has 2 aromatic carbocycles. The maximum absolute atomic E-state index is 14.9. The Balaban J connectivity index is 1.66. The number of rotatable bonds is 4. The minimum absolute atomic E-state index is 0.0237. The molecule has 236 valence electrons. The van der Waals surface area contributed by atoms with Crippen LogP contribution in [0.3, 0.4) is 0 Å². The largest absolute Gasteiger partial charge is 0.491 e. The van der Waals surface area contributed by atoms with Crippen LogP contribution in [-0.2, 0) is 34.9 Å². The summed E-state index contributed by atoms with van der Waals surface area (Å²) >= 11 is 0. The molecular weight excluding hydrogens is 631 g/mol. The molecule has 0 aromatic heterocycles. The summed E-state index contributed by atoms with van der Waals surface area (Å²) in [6.07, 6.45) is -13.1. The van der Waals surface area contributed by atoms with Crippen LogP contribution in [0.4, 0.5) is 30.7 Å². The first-order valence-electron chi connectivity index (χ1n) is 13.1. The van der Waals surface area contributed by atoms with Crippen LogP contribution >= 0.6 is 0 Å². The first kappa shape index (κ1) is 31.5. The Kier molecular flexibility index (Phi) is 7.20. The van der Waals surface area contributed by atoms with E-state index in [1.807, 2.05) is 0 Å². The smallest absolute Gasteiger partial charge is 0.435 e. The topological polar surface area (TPSA) is 97.8 Å². The Bertz CT molecular complexity index is 1630. The van der Waals surface area contributed by atoms with Crippen LogP contribution < -0.4 is 4.74 Å². The number of ether oxygens (including phenoxy) is 1. The quantitative estimate of drug-likeness (QED) is 0.437. The third kappa shape index (κ3) is 4.61. The molecule has 0 N–H and O–H groups in total. The summed E-state index contributed by atoms with van der Waals surface area (Å²) in [6.45, 7) is 0.745.